The Labute approximate surface area is 113 Å². The number of hydrogen-bond donors (Lipinski definition) is 2. The summed E-state index contributed by atoms with van der Waals surface area (Å²) in [6.45, 7) is -0.492. The highest BCUT2D eigenvalue weighted by Crippen LogP contribution is 2.23. The van der Waals surface area contributed by atoms with Crippen molar-refractivity contribution in [1.29, 1.82) is 0 Å². The van der Waals surface area contributed by atoms with Crippen molar-refractivity contribution < 1.29 is 19.8 Å². The number of urea groups is 1. The summed E-state index contributed by atoms with van der Waals surface area (Å²) in [6, 6.07) is -0.721. The number of aliphatic carboxylic acids is 1. The molecule has 1 aliphatic carbocycles. The van der Waals surface area contributed by atoms with Gasteiger partial charge < -0.3 is 20.0 Å². The number of nitrogens with zero attached hydrogens (tertiary/aromatic N) is 2. The fourth-order valence-corrected chi connectivity index (χ4v) is 2.37. The van der Waals surface area contributed by atoms with Crippen LogP contribution in [-0.4, -0.2) is 64.3 Å². The molecule has 1 saturated carbocycles. The van der Waals surface area contributed by atoms with Crippen molar-refractivity contribution in [3.8, 4) is 12.3 Å². The van der Waals surface area contributed by atoms with E-state index in [2.05, 4.69) is 5.92 Å². The Morgan fingerprint density at radius 3 is 2.53 bits per heavy atom. The highest BCUT2D eigenvalue weighted by Gasteiger charge is 2.31. The molecule has 0 heterocycles. The van der Waals surface area contributed by atoms with Gasteiger partial charge in [0.2, 0.25) is 0 Å². The van der Waals surface area contributed by atoms with Crippen LogP contribution >= 0.6 is 0 Å². The Hall–Kier alpha value is -1.74. The number of terminal acetylenes is 1. The van der Waals surface area contributed by atoms with E-state index in [0.29, 0.717) is 6.42 Å². The number of likely N-dealkylation sites (N-methyl/N-ethyl adjacent to an activating group) is 1. The topological polar surface area (TPSA) is 81.1 Å². The van der Waals surface area contributed by atoms with Crippen LogP contribution in [0.25, 0.3) is 0 Å². The summed E-state index contributed by atoms with van der Waals surface area (Å²) in [5.74, 6) is 1.17. The third kappa shape index (κ3) is 4.14. The first-order valence-corrected chi connectivity index (χ1v) is 6.32. The molecule has 0 aromatic carbocycles. The van der Waals surface area contributed by atoms with Crippen LogP contribution < -0.4 is 0 Å². The van der Waals surface area contributed by atoms with Crippen LogP contribution in [0.3, 0.4) is 0 Å². The van der Waals surface area contributed by atoms with E-state index >= 15 is 0 Å². The van der Waals surface area contributed by atoms with Gasteiger partial charge in [0.25, 0.3) is 0 Å². The third-order valence-corrected chi connectivity index (χ3v) is 3.37. The number of carboxylic acid groups (broad SMARTS) is 1. The summed E-state index contributed by atoms with van der Waals surface area (Å²) in [7, 11) is 1.58. The first-order valence-electron chi connectivity index (χ1n) is 6.32. The molecule has 106 valence electrons. The number of aliphatic hydroxyl groups is 1. The molecule has 1 fully saturated rings. The zero-order chi connectivity index (χ0) is 14.4. The molecular formula is C13H20N2O4. The van der Waals surface area contributed by atoms with Gasteiger partial charge in [-0.2, -0.15) is 0 Å². The fourth-order valence-electron chi connectivity index (χ4n) is 2.37. The van der Waals surface area contributed by atoms with Crippen molar-refractivity contribution in [2.75, 3.05) is 20.1 Å². The van der Waals surface area contributed by atoms with Crippen LogP contribution in [0, 0.1) is 12.3 Å². The summed E-state index contributed by atoms with van der Waals surface area (Å²) in [4.78, 5) is 25.4. The van der Waals surface area contributed by atoms with Crippen LogP contribution in [-0.2, 0) is 4.79 Å². The zero-order valence-electron chi connectivity index (χ0n) is 11.1. The van der Waals surface area contributed by atoms with Crippen molar-refractivity contribution in [2.24, 2.45) is 0 Å². The van der Waals surface area contributed by atoms with E-state index in [4.69, 9.17) is 11.5 Å². The second-order valence-electron chi connectivity index (χ2n) is 4.77. The minimum atomic E-state index is -1.11. The van der Waals surface area contributed by atoms with Crippen LogP contribution in [0.1, 0.15) is 25.7 Å². The second kappa shape index (κ2) is 7.00. The first kappa shape index (κ1) is 15.3. The van der Waals surface area contributed by atoms with Gasteiger partial charge in [-0.1, -0.05) is 18.8 Å². The molecule has 0 bridgehead atoms. The normalized spacial score (nSPS) is 22.4. The van der Waals surface area contributed by atoms with E-state index in [1.54, 1.807) is 7.05 Å². The molecule has 2 amide bonds. The molecule has 1 rings (SSSR count). The Kier molecular flexibility index (Phi) is 5.64. The zero-order valence-corrected chi connectivity index (χ0v) is 11.1. The SMILES string of the molecule is C#CCN(CC(=O)O)C(=O)N(C)C1CCCCC1O. The molecular weight excluding hydrogens is 248 g/mol. The molecule has 0 aromatic heterocycles. The molecule has 6 heteroatoms. The van der Waals surface area contributed by atoms with Gasteiger partial charge in [-0.25, -0.2) is 4.79 Å². The van der Waals surface area contributed by atoms with Crippen LogP contribution in [0.5, 0.6) is 0 Å². The maximum absolute atomic E-state index is 12.2. The molecule has 0 radical (unpaired) electrons. The molecule has 2 N–H and O–H groups in total. The molecule has 19 heavy (non-hydrogen) atoms. The van der Waals surface area contributed by atoms with Crippen molar-refractivity contribution in [1.82, 2.24) is 9.80 Å². The van der Waals surface area contributed by atoms with Crippen molar-refractivity contribution in [2.45, 2.75) is 37.8 Å². The maximum Gasteiger partial charge on any atom is 0.323 e. The maximum atomic E-state index is 12.2. The third-order valence-electron chi connectivity index (χ3n) is 3.37. The molecule has 0 aromatic rings. The van der Waals surface area contributed by atoms with E-state index in [0.717, 1.165) is 24.2 Å². The lowest BCUT2D eigenvalue weighted by Crippen LogP contribution is -2.52. The van der Waals surface area contributed by atoms with Crippen LogP contribution in [0.2, 0.25) is 0 Å². The van der Waals surface area contributed by atoms with E-state index in [-0.39, 0.29) is 12.6 Å². The second-order valence-corrected chi connectivity index (χ2v) is 4.77. The van der Waals surface area contributed by atoms with E-state index in [1.807, 2.05) is 0 Å². The van der Waals surface area contributed by atoms with Gasteiger partial charge in [-0.3, -0.25) is 4.79 Å². The van der Waals surface area contributed by atoms with Gasteiger partial charge in [0, 0.05) is 7.05 Å². The van der Waals surface area contributed by atoms with E-state index in [1.165, 1.54) is 4.90 Å². The number of rotatable bonds is 4. The molecule has 2 atom stereocenters. The Morgan fingerprint density at radius 1 is 1.37 bits per heavy atom. The largest absolute Gasteiger partial charge is 0.480 e. The van der Waals surface area contributed by atoms with E-state index < -0.39 is 24.6 Å². The Bertz CT molecular complexity index is 377. The monoisotopic (exact) mass is 268 g/mol. The number of hydrogen-bond acceptors (Lipinski definition) is 3. The lowest BCUT2D eigenvalue weighted by Gasteiger charge is -2.37. The molecule has 0 aliphatic heterocycles. The standard InChI is InChI=1S/C13H20N2O4/c1-3-8-15(9-12(17)18)13(19)14(2)10-6-4-5-7-11(10)16/h1,10-11,16H,4-9H2,2H3,(H,17,18). The van der Waals surface area contributed by atoms with Crippen molar-refractivity contribution in [3.05, 3.63) is 0 Å². The first-order chi connectivity index (χ1) is 8.97. The Balaban J connectivity index is 2.71. The summed E-state index contributed by atoms with van der Waals surface area (Å²) < 4.78 is 0. The average Bonchev–Trinajstić information content (AvgIpc) is 2.36. The number of carbonyl (C=O) groups is 2. The average molecular weight is 268 g/mol. The van der Waals surface area contributed by atoms with Gasteiger partial charge >= 0.3 is 12.0 Å². The fraction of sp³-hybridized carbons (Fsp3) is 0.692. The van der Waals surface area contributed by atoms with Gasteiger partial charge in [-0.15, -0.1) is 6.42 Å². The quantitative estimate of drug-likeness (QED) is 0.721. The Morgan fingerprint density at radius 2 is 2.00 bits per heavy atom. The molecule has 2 unspecified atom stereocenters. The summed E-state index contributed by atoms with van der Waals surface area (Å²) in [5, 5.41) is 18.7. The molecule has 0 spiro atoms. The van der Waals surface area contributed by atoms with Gasteiger partial charge in [-0.05, 0) is 12.8 Å². The lowest BCUT2D eigenvalue weighted by molar-refractivity contribution is -0.137. The highest BCUT2D eigenvalue weighted by atomic mass is 16.4. The van der Waals surface area contributed by atoms with Gasteiger partial charge in [0.1, 0.15) is 6.54 Å². The number of carbonyl (C=O) groups excluding carboxylic acids is 1. The predicted molar refractivity (Wildman–Crippen MR) is 69.5 cm³/mol. The minimum absolute atomic E-state index is 0.0573. The molecule has 1 aliphatic rings. The predicted octanol–water partition coefficient (Wildman–Crippen LogP) is 0.361. The van der Waals surface area contributed by atoms with Gasteiger partial charge in [0.05, 0.1) is 18.7 Å². The summed E-state index contributed by atoms with van der Waals surface area (Å²) in [5.41, 5.74) is 0. The lowest BCUT2D eigenvalue weighted by atomic mass is 9.92. The van der Waals surface area contributed by atoms with Crippen molar-refractivity contribution in [3.63, 3.8) is 0 Å². The number of carboxylic acids is 1. The smallest absolute Gasteiger partial charge is 0.323 e. The van der Waals surface area contributed by atoms with Gasteiger partial charge in [0.15, 0.2) is 0 Å². The van der Waals surface area contributed by atoms with Crippen LogP contribution in [0.4, 0.5) is 4.79 Å². The molecule has 0 saturated heterocycles. The number of amides is 2. The minimum Gasteiger partial charge on any atom is -0.480 e. The van der Waals surface area contributed by atoms with Crippen LogP contribution in [0.15, 0.2) is 0 Å². The van der Waals surface area contributed by atoms with Crippen molar-refractivity contribution >= 4 is 12.0 Å². The molecule has 6 nitrogen and oxygen atoms in total. The summed E-state index contributed by atoms with van der Waals surface area (Å²) >= 11 is 0. The van der Waals surface area contributed by atoms with E-state index in [9.17, 15) is 14.7 Å². The summed E-state index contributed by atoms with van der Waals surface area (Å²) in [6.07, 6.45) is 7.87. The highest BCUT2D eigenvalue weighted by molar-refractivity contribution is 5.80. The number of aliphatic hydroxyl groups excluding tert-OH is 1.